The number of amides is 1. The normalized spacial score (nSPS) is 13.5. The summed E-state index contributed by atoms with van der Waals surface area (Å²) in [6, 6.07) is -0.479. The minimum Gasteiger partial charge on any atom is -0.409 e. The number of nitrogens with two attached hydrogens (primary N) is 1. The van der Waals surface area contributed by atoms with Crippen molar-refractivity contribution in [3.63, 3.8) is 0 Å². The van der Waals surface area contributed by atoms with Crippen LogP contribution in [-0.2, 0) is 7.05 Å². The third-order valence-electron chi connectivity index (χ3n) is 2.24. The van der Waals surface area contributed by atoms with Crippen LogP contribution in [0.4, 0.5) is 0 Å². The molecule has 1 unspecified atom stereocenters. The van der Waals surface area contributed by atoms with E-state index in [4.69, 9.17) is 10.9 Å². The molecule has 0 aliphatic carbocycles. The van der Waals surface area contributed by atoms with Gasteiger partial charge in [-0.3, -0.25) is 4.79 Å². The Labute approximate surface area is 93.0 Å². The average molecular weight is 225 g/mol. The van der Waals surface area contributed by atoms with E-state index in [9.17, 15) is 4.79 Å². The SMILES string of the molecule is CCC(NC(=O)c1cncn1C)C(N)=NO. The van der Waals surface area contributed by atoms with Gasteiger partial charge in [-0.15, -0.1) is 0 Å². The van der Waals surface area contributed by atoms with E-state index in [1.165, 1.54) is 12.5 Å². The Morgan fingerprint density at radius 1 is 1.81 bits per heavy atom. The zero-order valence-electron chi connectivity index (χ0n) is 9.21. The van der Waals surface area contributed by atoms with E-state index in [0.29, 0.717) is 12.1 Å². The Kier molecular flexibility index (Phi) is 3.87. The molecule has 0 aromatic carbocycles. The van der Waals surface area contributed by atoms with E-state index in [1.807, 2.05) is 6.92 Å². The van der Waals surface area contributed by atoms with Crippen LogP contribution in [0.25, 0.3) is 0 Å². The molecular weight excluding hydrogens is 210 g/mol. The molecule has 4 N–H and O–H groups in total. The number of carbonyl (C=O) groups excluding carboxylic acids is 1. The van der Waals surface area contributed by atoms with Crippen molar-refractivity contribution in [2.75, 3.05) is 0 Å². The molecule has 16 heavy (non-hydrogen) atoms. The van der Waals surface area contributed by atoms with Gasteiger partial charge < -0.3 is 20.8 Å². The Balaban J connectivity index is 2.74. The van der Waals surface area contributed by atoms with Crippen molar-refractivity contribution < 1.29 is 10.0 Å². The number of hydrogen-bond donors (Lipinski definition) is 3. The zero-order chi connectivity index (χ0) is 12.1. The maximum absolute atomic E-state index is 11.8. The molecule has 1 amide bonds. The number of aromatic nitrogens is 2. The number of amidine groups is 1. The summed E-state index contributed by atoms with van der Waals surface area (Å²) in [7, 11) is 1.71. The van der Waals surface area contributed by atoms with E-state index in [2.05, 4.69) is 15.5 Å². The summed E-state index contributed by atoms with van der Waals surface area (Å²) in [6.07, 6.45) is 3.52. The fraction of sp³-hybridized carbons (Fsp3) is 0.444. The molecule has 1 heterocycles. The van der Waals surface area contributed by atoms with Gasteiger partial charge in [-0.2, -0.15) is 0 Å². The van der Waals surface area contributed by atoms with Crippen molar-refractivity contribution in [3.8, 4) is 0 Å². The first-order chi connectivity index (χ1) is 7.60. The number of aryl methyl sites for hydroxylation is 1. The van der Waals surface area contributed by atoms with Crippen LogP contribution in [-0.4, -0.2) is 32.5 Å². The topological polar surface area (TPSA) is 106 Å². The van der Waals surface area contributed by atoms with Gasteiger partial charge in [-0.25, -0.2) is 4.98 Å². The number of rotatable bonds is 4. The van der Waals surface area contributed by atoms with E-state index in [1.54, 1.807) is 11.6 Å². The maximum atomic E-state index is 11.8. The van der Waals surface area contributed by atoms with E-state index in [-0.39, 0.29) is 11.7 Å². The highest BCUT2D eigenvalue weighted by Crippen LogP contribution is 1.99. The highest BCUT2D eigenvalue weighted by atomic mass is 16.4. The van der Waals surface area contributed by atoms with Gasteiger partial charge in [-0.05, 0) is 6.42 Å². The number of carbonyl (C=O) groups is 1. The van der Waals surface area contributed by atoms with E-state index < -0.39 is 6.04 Å². The van der Waals surface area contributed by atoms with Crippen LogP contribution >= 0.6 is 0 Å². The first-order valence-electron chi connectivity index (χ1n) is 4.84. The molecule has 1 atom stereocenters. The van der Waals surface area contributed by atoms with Gasteiger partial charge in [0.05, 0.1) is 18.6 Å². The predicted octanol–water partition coefficient (Wildman–Crippen LogP) is -0.325. The number of oxime groups is 1. The molecule has 0 fully saturated rings. The summed E-state index contributed by atoms with van der Waals surface area (Å²) < 4.78 is 1.59. The molecule has 1 rings (SSSR count). The van der Waals surface area contributed by atoms with Crippen LogP contribution in [0.3, 0.4) is 0 Å². The predicted molar refractivity (Wildman–Crippen MR) is 58.2 cm³/mol. The average Bonchev–Trinajstić information content (AvgIpc) is 2.71. The van der Waals surface area contributed by atoms with Crippen LogP contribution in [0.1, 0.15) is 23.8 Å². The fourth-order valence-corrected chi connectivity index (χ4v) is 1.26. The second-order valence-corrected chi connectivity index (χ2v) is 3.35. The number of nitrogens with zero attached hydrogens (tertiary/aromatic N) is 3. The van der Waals surface area contributed by atoms with Crippen LogP contribution in [0.15, 0.2) is 17.7 Å². The molecule has 1 aromatic heterocycles. The van der Waals surface area contributed by atoms with Gasteiger partial charge in [-0.1, -0.05) is 12.1 Å². The van der Waals surface area contributed by atoms with Crippen molar-refractivity contribution in [3.05, 3.63) is 18.2 Å². The van der Waals surface area contributed by atoms with Gasteiger partial charge in [0, 0.05) is 7.05 Å². The third kappa shape index (κ3) is 2.50. The van der Waals surface area contributed by atoms with E-state index >= 15 is 0 Å². The van der Waals surface area contributed by atoms with Crippen LogP contribution < -0.4 is 11.1 Å². The molecule has 7 nitrogen and oxygen atoms in total. The van der Waals surface area contributed by atoms with Crippen LogP contribution in [0, 0.1) is 0 Å². The Morgan fingerprint density at radius 3 is 2.94 bits per heavy atom. The lowest BCUT2D eigenvalue weighted by Gasteiger charge is -2.15. The minimum absolute atomic E-state index is 0.0157. The molecule has 0 saturated carbocycles. The highest BCUT2D eigenvalue weighted by Gasteiger charge is 2.17. The Bertz CT molecular complexity index is 398. The fourth-order valence-electron chi connectivity index (χ4n) is 1.26. The minimum atomic E-state index is -0.479. The van der Waals surface area contributed by atoms with Gasteiger partial charge in [0.25, 0.3) is 5.91 Å². The van der Waals surface area contributed by atoms with Crippen molar-refractivity contribution in [2.45, 2.75) is 19.4 Å². The van der Waals surface area contributed by atoms with Gasteiger partial charge in [0.1, 0.15) is 5.69 Å². The summed E-state index contributed by atoms with van der Waals surface area (Å²) in [5.74, 6) is -0.323. The van der Waals surface area contributed by atoms with Crippen LogP contribution in [0.2, 0.25) is 0 Å². The number of imidazole rings is 1. The molecule has 0 spiro atoms. The Hall–Kier alpha value is -2.05. The zero-order valence-corrected chi connectivity index (χ0v) is 9.21. The number of nitrogens with one attached hydrogen (secondary N) is 1. The lowest BCUT2D eigenvalue weighted by Crippen LogP contribution is -2.44. The Morgan fingerprint density at radius 2 is 2.50 bits per heavy atom. The summed E-state index contributed by atoms with van der Waals surface area (Å²) in [4.78, 5) is 15.6. The molecular formula is C9H15N5O2. The standard InChI is InChI=1S/C9H15N5O2/c1-3-6(8(10)13-16)12-9(15)7-4-11-5-14(7)2/h4-6,16H,3H2,1-2H3,(H2,10,13)(H,12,15). The molecule has 0 radical (unpaired) electrons. The molecule has 1 aromatic rings. The first-order valence-corrected chi connectivity index (χ1v) is 4.84. The molecule has 0 bridgehead atoms. The smallest absolute Gasteiger partial charge is 0.270 e. The highest BCUT2D eigenvalue weighted by molar-refractivity contribution is 5.96. The molecule has 88 valence electrons. The quantitative estimate of drug-likeness (QED) is 0.282. The molecule has 0 aliphatic rings. The van der Waals surface area contributed by atoms with E-state index in [0.717, 1.165) is 0 Å². The van der Waals surface area contributed by atoms with Crippen LogP contribution in [0.5, 0.6) is 0 Å². The van der Waals surface area contributed by atoms with Crippen molar-refractivity contribution >= 4 is 11.7 Å². The largest absolute Gasteiger partial charge is 0.409 e. The summed E-state index contributed by atoms with van der Waals surface area (Å²) in [5, 5.41) is 14.0. The second-order valence-electron chi connectivity index (χ2n) is 3.35. The molecule has 0 saturated heterocycles. The summed E-state index contributed by atoms with van der Waals surface area (Å²) in [5.41, 5.74) is 5.85. The monoisotopic (exact) mass is 225 g/mol. The molecule has 7 heteroatoms. The number of hydrogen-bond acceptors (Lipinski definition) is 4. The van der Waals surface area contributed by atoms with Gasteiger partial charge >= 0.3 is 0 Å². The maximum Gasteiger partial charge on any atom is 0.270 e. The molecule has 0 aliphatic heterocycles. The lowest BCUT2D eigenvalue weighted by atomic mass is 10.2. The van der Waals surface area contributed by atoms with Crippen molar-refractivity contribution in [1.29, 1.82) is 0 Å². The first kappa shape index (κ1) is 12.0. The van der Waals surface area contributed by atoms with Crippen molar-refractivity contribution in [2.24, 2.45) is 17.9 Å². The van der Waals surface area contributed by atoms with Crippen molar-refractivity contribution in [1.82, 2.24) is 14.9 Å². The summed E-state index contributed by atoms with van der Waals surface area (Å²) in [6.45, 7) is 1.83. The third-order valence-corrected chi connectivity index (χ3v) is 2.24. The summed E-state index contributed by atoms with van der Waals surface area (Å²) >= 11 is 0. The van der Waals surface area contributed by atoms with Gasteiger partial charge in [0.2, 0.25) is 0 Å². The second kappa shape index (κ2) is 5.15. The lowest BCUT2D eigenvalue weighted by molar-refractivity contribution is 0.0937. The van der Waals surface area contributed by atoms with Gasteiger partial charge in [0.15, 0.2) is 5.84 Å².